The first-order chi connectivity index (χ1) is 9.72. The van der Waals surface area contributed by atoms with E-state index in [4.69, 9.17) is 16.3 Å². The van der Waals surface area contributed by atoms with Gasteiger partial charge in [-0.15, -0.1) is 0 Å². The summed E-state index contributed by atoms with van der Waals surface area (Å²) in [5.74, 6) is 0.377. The van der Waals surface area contributed by atoms with Crippen molar-refractivity contribution in [1.82, 2.24) is 5.06 Å². The van der Waals surface area contributed by atoms with Crippen LogP contribution in [0.4, 0.5) is 0 Å². The zero-order chi connectivity index (χ0) is 15.8. The van der Waals surface area contributed by atoms with Crippen LogP contribution in [-0.2, 0) is 4.84 Å². The SMILES string of the molecule is Cc1cccc(C)c1C(C)ON1C(N)=NC(N)=NC1(C)C. The maximum Gasteiger partial charge on any atom is 0.226 e. The summed E-state index contributed by atoms with van der Waals surface area (Å²) in [6, 6.07) is 6.17. The van der Waals surface area contributed by atoms with E-state index in [-0.39, 0.29) is 18.0 Å². The molecule has 6 nitrogen and oxygen atoms in total. The molecular weight excluding hydrogens is 266 g/mol. The molecule has 1 aromatic carbocycles. The largest absolute Gasteiger partial charge is 0.368 e. The van der Waals surface area contributed by atoms with Gasteiger partial charge in [-0.25, -0.2) is 4.99 Å². The van der Waals surface area contributed by atoms with Gasteiger partial charge in [0.1, 0.15) is 6.10 Å². The lowest BCUT2D eigenvalue weighted by molar-refractivity contribution is -0.192. The van der Waals surface area contributed by atoms with Gasteiger partial charge in [0.25, 0.3) is 0 Å². The second kappa shape index (κ2) is 5.37. The monoisotopic (exact) mass is 289 g/mol. The van der Waals surface area contributed by atoms with E-state index >= 15 is 0 Å². The van der Waals surface area contributed by atoms with Crippen LogP contribution in [0.5, 0.6) is 0 Å². The van der Waals surface area contributed by atoms with Crippen LogP contribution in [0.2, 0.25) is 0 Å². The average molecular weight is 289 g/mol. The molecule has 0 fully saturated rings. The van der Waals surface area contributed by atoms with Gasteiger partial charge < -0.3 is 11.5 Å². The number of nitrogens with zero attached hydrogens (tertiary/aromatic N) is 3. The van der Waals surface area contributed by atoms with Crippen LogP contribution in [0.3, 0.4) is 0 Å². The van der Waals surface area contributed by atoms with Crippen LogP contribution in [-0.4, -0.2) is 22.6 Å². The van der Waals surface area contributed by atoms with Crippen molar-refractivity contribution in [3.05, 3.63) is 34.9 Å². The van der Waals surface area contributed by atoms with Gasteiger partial charge in [0, 0.05) is 0 Å². The normalized spacial score (nSPS) is 19.0. The predicted octanol–water partition coefficient (Wildman–Crippen LogP) is 1.98. The van der Waals surface area contributed by atoms with E-state index in [1.54, 1.807) is 0 Å². The van der Waals surface area contributed by atoms with Crippen LogP contribution in [0, 0.1) is 13.8 Å². The molecule has 0 saturated carbocycles. The highest BCUT2D eigenvalue weighted by atomic mass is 16.7. The van der Waals surface area contributed by atoms with Gasteiger partial charge in [-0.3, -0.25) is 4.84 Å². The second-order valence-corrected chi connectivity index (χ2v) is 5.78. The van der Waals surface area contributed by atoms with Crippen molar-refractivity contribution in [2.45, 2.75) is 46.4 Å². The molecular formula is C15H23N5O. The molecule has 1 atom stereocenters. The van der Waals surface area contributed by atoms with E-state index in [2.05, 4.69) is 36.0 Å². The Bertz CT molecular complexity index is 586. The van der Waals surface area contributed by atoms with Crippen LogP contribution in [0.25, 0.3) is 0 Å². The molecule has 0 amide bonds. The number of hydroxylamine groups is 2. The van der Waals surface area contributed by atoms with E-state index in [1.165, 1.54) is 16.2 Å². The van der Waals surface area contributed by atoms with Crippen molar-refractivity contribution < 1.29 is 4.84 Å². The fraction of sp³-hybridized carbons (Fsp3) is 0.467. The Morgan fingerprint density at radius 1 is 1.19 bits per heavy atom. The van der Waals surface area contributed by atoms with Gasteiger partial charge in [-0.05, 0) is 51.3 Å². The van der Waals surface area contributed by atoms with Crippen molar-refractivity contribution in [3.8, 4) is 0 Å². The fourth-order valence-electron chi connectivity index (χ4n) is 2.66. The third kappa shape index (κ3) is 3.00. The molecule has 0 aliphatic carbocycles. The Morgan fingerprint density at radius 3 is 2.29 bits per heavy atom. The first-order valence-corrected chi connectivity index (χ1v) is 6.95. The number of nitrogens with two attached hydrogens (primary N) is 2. The zero-order valence-electron chi connectivity index (χ0n) is 13.2. The standard InChI is InChI=1S/C15H23N5O/c1-9-7-6-8-10(2)12(9)11(3)21-20-14(17)18-13(16)19-15(20,4)5/h6-8,11H,1-5H3,(H4,16,17,18,19). The van der Waals surface area contributed by atoms with Crippen LogP contribution in [0.1, 0.15) is 43.6 Å². The summed E-state index contributed by atoms with van der Waals surface area (Å²) in [6.45, 7) is 9.87. The molecule has 0 saturated heterocycles. The summed E-state index contributed by atoms with van der Waals surface area (Å²) in [6.07, 6.45) is -0.172. The molecule has 1 aliphatic rings. The molecule has 0 bridgehead atoms. The van der Waals surface area contributed by atoms with Gasteiger partial charge in [0.15, 0.2) is 5.66 Å². The number of benzene rings is 1. The van der Waals surface area contributed by atoms with Crippen molar-refractivity contribution in [3.63, 3.8) is 0 Å². The summed E-state index contributed by atoms with van der Waals surface area (Å²) >= 11 is 0. The minimum Gasteiger partial charge on any atom is -0.368 e. The van der Waals surface area contributed by atoms with Crippen molar-refractivity contribution >= 4 is 11.9 Å². The fourth-order valence-corrected chi connectivity index (χ4v) is 2.66. The maximum atomic E-state index is 6.03. The Hall–Kier alpha value is -2.08. The highest BCUT2D eigenvalue weighted by molar-refractivity contribution is 5.95. The topological polar surface area (TPSA) is 89.2 Å². The van der Waals surface area contributed by atoms with E-state index in [1.807, 2.05) is 26.8 Å². The average Bonchev–Trinajstić information content (AvgIpc) is 2.32. The first-order valence-electron chi connectivity index (χ1n) is 6.95. The second-order valence-electron chi connectivity index (χ2n) is 5.78. The predicted molar refractivity (Wildman–Crippen MR) is 84.6 cm³/mol. The van der Waals surface area contributed by atoms with E-state index in [0.29, 0.717) is 0 Å². The molecule has 6 heteroatoms. The first kappa shape index (κ1) is 15.3. The summed E-state index contributed by atoms with van der Waals surface area (Å²) < 4.78 is 0. The molecule has 4 N–H and O–H groups in total. The van der Waals surface area contributed by atoms with E-state index in [0.717, 1.165) is 5.56 Å². The smallest absolute Gasteiger partial charge is 0.226 e. The molecule has 1 aliphatic heterocycles. The molecule has 1 heterocycles. The van der Waals surface area contributed by atoms with E-state index < -0.39 is 5.66 Å². The maximum absolute atomic E-state index is 6.03. The Labute approximate surface area is 125 Å². The van der Waals surface area contributed by atoms with Crippen LogP contribution < -0.4 is 11.5 Å². The van der Waals surface area contributed by atoms with E-state index in [9.17, 15) is 0 Å². The van der Waals surface area contributed by atoms with Gasteiger partial charge in [-0.2, -0.15) is 10.1 Å². The Kier molecular flexibility index (Phi) is 3.91. The van der Waals surface area contributed by atoms with Crippen molar-refractivity contribution in [2.24, 2.45) is 21.5 Å². The molecule has 1 unspecified atom stereocenters. The third-order valence-electron chi connectivity index (χ3n) is 3.53. The lowest BCUT2D eigenvalue weighted by Gasteiger charge is -2.38. The summed E-state index contributed by atoms with van der Waals surface area (Å²) in [5.41, 5.74) is 14.4. The summed E-state index contributed by atoms with van der Waals surface area (Å²) in [5, 5.41) is 1.51. The lowest BCUT2D eigenvalue weighted by Crippen LogP contribution is -2.54. The minimum atomic E-state index is -0.694. The van der Waals surface area contributed by atoms with Crippen molar-refractivity contribution in [1.29, 1.82) is 0 Å². The quantitative estimate of drug-likeness (QED) is 0.890. The number of aryl methyl sites for hydroxylation is 2. The number of guanidine groups is 2. The zero-order valence-corrected chi connectivity index (χ0v) is 13.2. The number of hydrogen-bond acceptors (Lipinski definition) is 6. The Balaban J connectivity index is 2.28. The molecule has 0 aromatic heterocycles. The van der Waals surface area contributed by atoms with Crippen LogP contribution in [0.15, 0.2) is 28.2 Å². The highest BCUT2D eigenvalue weighted by Gasteiger charge is 2.34. The highest BCUT2D eigenvalue weighted by Crippen LogP contribution is 2.29. The number of rotatable bonds is 3. The minimum absolute atomic E-state index is 0.164. The number of hydrogen-bond donors (Lipinski definition) is 2. The Morgan fingerprint density at radius 2 is 1.76 bits per heavy atom. The van der Waals surface area contributed by atoms with Gasteiger partial charge in [0.05, 0.1) is 0 Å². The lowest BCUT2D eigenvalue weighted by atomic mass is 9.99. The molecule has 114 valence electrons. The number of aliphatic imine (C=N–C) groups is 2. The summed E-state index contributed by atoms with van der Waals surface area (Å²) in [7, 11) is 0. The van der Waals surface area contributed by atoms with Crippen LogP contribution >= 0.6 is 0 Å². The third-order valence-corrected chi connectivity index (χ3v) is 3.53. The van der Waals surface area contributed by atoms with Gasteiger partial charge in [-0.1, -0.05) is 18.2 Å². The summed E-state index contributed by atoms with van der Waals surface area (Å²) in [4.78, 5) is 14.3. The molecule has 1 aromatic rings. The molecule has 0 spiro atoms. The van der Waals surface area contributed by atoms with Gasteiger partial charge >= 0.3 is 0 Å². The molecule has 2 rings (SSSR count). The van der Waals surface area contributed by atoms with Gasteiger partial charge in [0.2, 0.25) is 11.9 Å². The molecule has 0 radical (unpaired) electrons. The van der Waals surface area contributed by atoms with Crippen molar-refractivity contribution in [2.75, 3.05) is 0 Å². The molecule has 21 heavy (non-hydrogen) atoms.